The number of hydrogen-bond acceptors (Lipinski definition) is 8. The summed E-state index contributed by atoms with van der Waals surface area (Å²) in [6.45, 7) is 3.84. The van der Waals surface area contributed by atoms with Crippen LogP contribution >= 0.6 is 0 Å². The van der Waals surface area contributed by atoms with Crippen LogP contribution in [-0.4, -0.2) is 56.8 Å². The van der Waals surface area contributed by atoms with Crippen LogP contribution in [0.3, 0.4) is 0 Å². The van der Waals surface area contributed by atoms with Gasteiger partial charge in [0.05, 0.1) is 30.8 Å². The zero-order valence-corrected chi connectivity index (χ0v) is 26.9. The predicted molar refractivity (Wildman–Crippen MR) is 174 cm³/mol. The minimum atomic E-state index is -2.41. The van der Waals surface area contributed by atoms with Crippen molar-refractivity contribution in [2.24, 2.45) is 17.1 Å². The van der Waals surface area contributed by atoms with E-state index < -0.39 is 34.7 Å². The van der Waals surface area contributed by atoms with E-state index in [0.717, 1.165) is 22.3 Å². The number of nitrogens with zero attached hydrogens (tertiary/aromatic N) is 1. The maximum atomic E-state index is 14.6. The van der Waals surface area contributed by atoms with Crippen molar-refractivity contribution < 1.29 is 39.1 Å². The number of aliphatic hydroxyl groups is 3. The first kappa shape index (κ1) is 34.3. The second-order valence-electron chi connectivity index (χ2n) is 12.4. The van der Waals surface area contributed by atoms with Gasteiger partial charge in [-0.05, 0) is 47.7 Å². The molecule has 0 saturated carbocycles. The molecule has 0 radical (unpaired) electrons. The maximum Gasteiger partial charge on any atom is 0.255 e. The average Bonchev–Trinajstić information content (AvgIpc) is 3.51. The molecule has 1 heterocycles. The SMILES string of the molecule is CCCCC1(C)C(O)(OCc2ccccc2)C(C(=O)N2Cc3ccc(OCCO)cc3C2)=CC(C(N)=O)C1(O)OCc1ccccc1. The molecule has 3 aromatic rings. The summed E-state index contributed by atoms with van der Waals surface area (Å²) in [6, 6.07) is 23.8. The standard InChI is InChI=1S/C37H44N2O8/c1-3-4-17-35(2)36(43,46-24-26-11-7-5-8-12-26)31(33(38)41)21-32(37(35,44)47-25-27-13-9-6-10-14-27)34(42)39-22-28-15-16-30(45-19-18-40)20-29(28)23-39/h5-16,20-21,31,40,43-44H,3-4,17-19,22-25H2,1-2H3,(H2,38,41). The van der Waals surface area contributed by atoms with Gasteiger partial charge in [-0.15, -0.1) is 0 Å². The lowest BCUT2D eigenvalue weighted by Gasteiger charge is -2.57. The molecule has 4 unspecified atom stereocenters. The summed E-state index contributed by atoms with van der Waals surface area (Å²) in [4.78, 5) is 29.3. The lowest BCUT2D eigenvalue weighted by atomic mass is 9.59. The largest absolute Gasteiger partial charge is 0.491 e. The normalized spacial score (nSPS) is 25.3. The molecule has 47 heavy (non-hydrogen) atoms. The maximum absolute atomic E-state index is 14.6. The number of carbonyl (C=O) groups is 2. The molecular formula is C37H44N2O8. The van der Waals surface area contributed by atoms with Gasteiger partial charge in [-0.25, -0.2) is 0 Å². The van der Waals surface area contributed by atoms with E-state index in [1.54, 1.807) is 17.9 Å². The van der Waals surface area contributed by atoms with E-state index in [4.69, 9.17) is 25.1 Å². The lowest BCUT2D eigenvalue weighted by Crippen LogP contribution is -2.71. The average molecular weight is 645 g/mol. The molecular weight excluding hydrogens is 600 g/mol. The van der Waals surface area contributed by atoms with Crippen LogP contribution in [-0.2, 0) is 45.4 Å². The molecule has 10 heteroatoms. The monoisotopic (exact) mass is 644 g/mol. The van der Waals surface area contributed by atoms with Crippen LogP contribution in [0, 0.1) is 11.3 Å². The van der Waals surface area contributed by atoms with Crippen molar-refractivity contribution >= 4 is 11.8 Å². The van der Waals surface area contributed by atoms with Gasteiger partial charge in [-0.1, -0.05) is 92.6 Å². The topological polar surface area (TPSA) is 152 Å². The number of fused-ring (bicyclic) bond motifs is 1. The van der Waals surface area contributed by atoms with Crippen molar-refractivity contribution in [3.8, 4) is 5.75 Å². The van der Waals surface area contributed by atoms with Gasteiger partial charge >= 0.3 is 0 Å². The van der Waals surface area contributed by atoms with Gasteiger partial charge in [-0.3, -0.25) is 9.59 Å². The van der Waals surface area contributed by atoms with E-state index in [2.05, 4.69) is 0 Å². The fourth-order valence-corrected chi connectivity index (χ4v) is 6.60. The molecule has 0 aromatic heterocycles. The number of ether oxygens (including phenoxy) is 3. The molecule has 2 amide bonds. The van der Waals surface area contributed by atoms with E-state index in [1.807, 2.05) is 79.7 Å². The van der Waals surface area contributed by atoms with E-state index in [1.165, 1.54) is 6.08 Å². The Morgan fingerprint density at radius 1 is 0.915 bits per heavy atom. The van der Waals surface area contributed by atoms with Crippen LogP contribution in [0.4, 0.5) is 0 Å². The van der Waals surface area contributed by atoms with E-state index >= 15 is 0 Å². The highest BCUT2D eigenvalue weighted by Crippen LogP contribution is 2.57. The molecule has 4 atom stereocenters. The Morgan fingerprint density at radius 3 is 2.13 bits per heavy atom. The number of benzene rings is 3. The quantitative estimate of drug-likeness (QED) is 0.193. The third-order valence-corrected chi connectivity index (χ3v) is 9.37. The van der Waals surface area contributed by atoms with Crippen molar-refractivity contribution in [3.63, 3.8) is 0 Å². The number of aliphatic hydroxyl groups excluding tert-OH is 1. The predicted octanol–water partition coefficient (Wildman–Crippen LogP) is 3.95. The van der Waals surface area contributed by atoms with Gasteiger partial charge in [0.2, 0.25) is 11.7 Å². The molecule has 0 spiro atoms. The van der Waals surface area contributed by atoms with Gasteiger partial charge in [0.15, 0.2) is 5.79 Å². The third-order valence-electron chi connectivity index (χ3n) is 9.37. The first-order chi connectivity index (χ1) is 22.6. The fourth-order valence-electron chi connectivity index (χ4n) is 6.60. The molecule has 2 aliphatic rings. The molecule has 1 aliphatic heterocycles. The molecule has 0 saturated heterocycles. The van der Waals surface area contributed by atoms with Crippen LogP contribution in [0.2, 0.25) is 0 Å². The Kier molecular flexibility index (Phi) is 10.5. The van der Waals surface area contributed by atoms with E-state index in [9.17, 15) is 19.8 Å². The number of primary amides is 1. The molecule has 10 nitrogen and oxygen atoms in total. The van der Waals surface area contributed by atoms with Gasteiger partial charge in [0, 0.05) is 13.1 Å². The first-order valence-corrected chi connectivity index (χ1v) is 16.0. The van der Waals surface area contributed by atoms with Crippen molar-refractivity contribution in [2.75, 3.05) is 13.2 Å². The number of unbranched alkanes of at least 4 members (excludes halogenated alkanes) is 1. The van der Waals surface area contributed by atoms with Gasteiger partial charge < -0.3 is 40.2 Å². The number of amides is 2. The highest BCUT2D eigenvalue weighted by Gasteiger charge is 2.70. The Balaban J connectivity index is 1.59. The molecule has 1 aliphatic carbocycles. The number of nitrogens with two attached hydrogens (primary N) is 1. The molecule has 0 fully saturated rings. The van der Waals surface area contributed by atoms with Crippen molar-refractivity contribution in [2.45, 2.75) is 71.0 Å². The Hall–Kier alpha value is -4.06. The lowest BCUT2D eigenvalue weighted by molar-refractivity contribution is -0.381. The summed E-state index contributed by atoms with van der Waals surface area (Å²) in [5, 5.41) is 34.6. The van der Waals surface area contributed by atoms with Crippen molar-refractivity contribution in [1.82, 2.24) is 4.90 Å². The van der Waals surface area contributed by atoms with E-state index in [0.29, 0.717) is 18.6 Å². The van der Waals surface area contributed by atoms with Crippen LogP contribution in [0.1, 0.15) is 55.4 Å². The molecule has 250 valence electrons. The smallest absolute Gasteiger partial charge is 0.255 e. The Morgan fingerprint density at radius 2 is 1.53 bits per heavy atom. The molecule has 3 aromatic carbocycles. The number of carbonyl (C=O) groups excluding carboxylic acids is 2. The summed E-state index contributed by atoms with van der Waals surface area (Å²) in [7, 11) is 0. The second kappa shape index (κ2) is 14.4. The Bertz CT molecular complexity index is 1580. The zero-order chi connectivity index (χ0) is 33.7. The second-order valence-corrected chi connectivity index (χ2v) is 12.4. The number of hydrogen-bond donors (Lipinski definition) is 4. The third kappa shape index (κ3) is 6.70. The van der Waals surface area contributed by atoms with Crippen molar-refractivity contribution in [1.29, 1.82) is 0 Å². The van der Waals surface area contributed by atoms with Gasteiger partial charge in [-0.2, -0.15) is 0 Å². The van der Waals surface area contributed by atoms with Gasteiger partial charge in [0.1, 0.15) is 18.3 Å². The van der Waals surface area contributed by atoms with Crippen molar-refractivity contribution in [3.05, 3.63) is 113 Å². The molecule has 5 rings (SSSR count). The summed E-state index contributed by atoms with van der Waals surface area (Å²) in [6.07, 6.45) is 2.58. The minimum Gasteiger partial charge on any atom is -0.491 e. The van der Waals surface area contributed by atoms with E-state index in [-0.39, 0.29) is 51.5 Å². The Labute approximate surface area is 275 Å². The highest BCUT2D eigenvalue weighted by molar-refractivity contribution is 5.97. The van der Waals surface area contributed by atoms with Crippen LogP contribution in [0.15, 0.2) is 90.5 Å². The van der Waals surface area contributed by atoms with Crippen LogP contribution in [0.25, 0.3) is 0 Å². The first-order valence-electron chi connectivity index (χ1n) is 16.0. The zero-order valence-electron chi connectivity index (χ0n) is 26.9. The minimum absolute atomic E-state index is 0.0865. The van der Waals surface area contributed by atoms with Gasteiger partial charge in [0.25, 0.3) is 5.91 Å². The fraction of sp³-hybridized carbons (Fsp3) is 0.405. The summed E-state index contributed by atoms with van der Waals surface area (Å²) >= 11 is 0. The summed E-state index contributed by atoms with van der Waals surface area (Å²) < 4.78 is 18.2. The summed E-state index contributed by atoms with van der Waals surface area (Å²) in [5.74, 6) is -7.16. The highest BCUT2D eigenvalue weighted by atomic mass is 16.7. The van der Waals surface area contributed by atoms with Crippen LogP contribution < -0.4 is 10.5 Å². The summed E-state index contributed by atoms with van der Waals surface area (Å²) in [5.41, 5.74) is 7.24. The molecule has 0 bridgehead atoms. The number of rotatable bonds is 14. The molecule has 5 N–H and O–H groups in total. The van der Waals surface area contributed by atoms with Crippen LogP contribution in [0.5, 0.6) is 5.75 Å².